The lowest BCUT2D eigenvalue weighted by Crippen LogP contribution is -2.36. The van der Waals surface area contributed by atoms with Crippen LogP contribution in [0.2, 0.25) is 0 Å². The lowest BCUT2D eigenvalue weighted by Gasteiger charge is -2.11. The number of hydrogen-bond acceptors (Lipinski definition) is 4. The van der Waals surface area contributed by atoms with E-state index >= 15 is 0 Å². The number of carbonyl (C=O) groups is 1. The number of benzene rings is 1. The van der Waals surface area contributed by atoms with Crippen LogP contribution in [0.5, 0.6) is 0 Å². The molecule has 3 rings (SSSR count). The molecule has 6 nitrogen and oxygen atoms in total. The first kappa shape index (κ1) is 20.7. The van der Waals surface area contributed by atoms with Crippen LogP contribution in [0.4, 0.5) is 0 Å². The first-order chi connectivity index (χ1) is 14.1. The number of aliphatic imine (C=N–C) groups is 1. The topological polar surface area (TPSA) is 78.7 Å². The van der Waals surface area contributed by atoms with Crippen molar-refractivity contribution < 1.29 is 9.21 Å². The molecule has 0 aliphatic carbocycles. The summed E-state index contributed by atoms with van der Waals surface area (Å²) in [6.45, 7) is 6.51. The Kier molecular flexibility index (Phi) is 7.47. The van der Waals surface area contributed by atoms with Gasteiger partial charge in [0.15, 0.2) is 5.96 Å². The van der Waals surface area contributed by atoms with Crippen LogP contribution in [0.3, 0.4) is 0 Å². The zero-order valence-electron chi connectivity index (χ0n) is 16.7. The van der Waals surface area contributed by atoms with E-state index in [1.54, 1.807) is 29.7 Å². The van der Waals surface area contributed by atoms with Crippen molar-refractivity contribution in [3.8, 4) is 0 Å². The summed E-state index contributed by atoms with van der Waals surface area (Å²) in [6.07, 6.45) is 1.59. The minimum absolute atomic E-state index is 0.134. The summed E-state index contributed by atoms with van der Waals surface area (Å²) in [5, 5.41) is 9.47. The third kappa shape index (κ3) is 6.50. The molecule has 2 aromatic heterocycles. The third-order valence-corrected chi connectivity index (χ3v) is 5.18. The van der Waals surface area contributed by atoms with E-state index in [4.69, 9.17) is 4.42 Å². The molecule has 2 heterocycles. The molecule has 0 aliphatic rings. The Bertz CT molecular complexity index is 947. The summed E-state index contributed by atoms with van der Waals surface area (Å²) in [5.41, 5.74) is 1.58. The zero-order valence-corrected chi connectivity index (χ0v) is 17.5. The van der Waals surface area contributed by atoms with Gasteiger partial charge in [-0.25, -0.2) is 4.99 Å². The first-order valence-corrected chi connectivity index (χ1v) is 10.4. The van der Waals surface area contributed by atoms with E-state index in [9.17, 15) is 4.79 Å². The first-order valence-electron chi connectivity index (χ1n) is 9.61. The summed E-state index contributed by atoms with van der Waals surface area (Å²) in [5.74, 6) is 1.35. The number of nitrogens with zero attached hydrogens (tertiary/aromatic N) is 1. The van der Waals surface area contributed by atoms with Gasteiger partial charge in [0.2, 0.25) is 0 Å². The summed E-state index contributed by atoms with van der Waals surface area (Å²) in [4.78, 5) is 19.6. The predicted molar refractivity (Wildman–Crippen MR) is 117 cm³/mol. The lowest BCUT2D eigenvalue weighted by atomic mass is 10.1. The van der Waals surface area contributed by atoms with Gasteiger partial charge >= 0.3 is 0 Å². The van der Waals surface area contributed by atoms with Gasteiger partial charge in [0.1, 0.15) is 5.76 Å². The van der Waals surface area contributed by atoms with Crippen LogP contribution in [-0.4, -0.2) is 18.4 Å². The molecule has 0 aliphatic heterocycles. The number of thiophene rings is 1. The van der Waals surface area contributed by atoms with Crippen LogP contribution in [-0.2, 0) is 19.6 Å². The number of hydrogen-bond donors (Lipinski definition) is 3. The van der Waals surface area contributed by atoms with E-state index in [0.717, 1.165) is 30.4 Å². The summed E-state index contributed by atoms with van der Waals surface area (Å²) in [6, 6.07) is 15.4. The van der Waals surface area contributed by atoms with Crippen molar-refractivity contribution in [3.63, 3.8) is 0 Å². The van der Waals surface area contributed by atoms with Crippen molar-refractivity contribution >= 4 is 23.2 Å². The van der Waals surface area contributed by atoms with Crippen molar-refractivity contribution in [1.29, 1.82) is 0 Å². The average Bonchev–Trinajstić information content (AvgIpc) is 3.40. The van der Waals surface area contributed by atoms with Gasteiger partial charge in [-0.05, 0) is 55.8 Å². The molecule has 1 aromatic carbocycles. The highest BCUT2D eigenvalue weighted by atomic mass is 32.1. The molecule has 0 unspecified atom stereocenters. The van der Waals surface area contributed by atoms with Crippen molar-refractivity contribution in [2.24, 2.45) is 4.99 Å². The Hall–Kier alpha value is -3.06. The molecular weight excluding hydrogens is 384 g/mol. The molecule has 3 N–H and O–H groups in total. The van der Waals surface area contributed by atoms with Crippen LogP contribution < -0.4 is 16.0 Å². The second-order valence-electron chi connectivity index (χ2n) is 6.52. The number of furan rings is 1. The second-order valence-corrected chi connectivity index (χ2v) is 7.90. The quantitative estimate of drug-likeness (QED) is 0.389. The highest BCUT2D eigenvalue weighted by Crippen LogP contribution is 2.14. The van der Waals surface area contributed by atoms with Crippen LogP contribution in [0.15, 0.2) is 64.2 Å². The van der Waals surface area contributed by atoms with Crippen LogP contribution >= 0.6 is 11.3 Å². The van der Waals surface area contributed by atoms with Gasteiger partial charge in [0.25, 0.3) is 5.91 Å². The highest BCUT2D eigenvalue weighted by Gasteiger charge is 2.07. The van der Waals surface area contributed by atoms with Crippen molar-refractivity contribution in [2.75, 3.05) is 6.54 Å². The van der Waals surface area contributed by atoms with Gasteiger partial charge in [0, 0.05) is 21.9 Å². The van der Waals surface area contributed by atoms with Crippen LogP contribution in [0, 0.1) is 6.92 Å². The maximum absolute atomic E-state index is 12.4. The largest absolute Gasteiger partial charge is 0.467 e. The van der Waals surface area contributed by atoms with Gasteiger partial charge in [-0.15, -0.1) is 11.3 Å². The Morgan fingerprint density at radius 1 is 1.07 bits per heavy atom. The fourth-order valence-electron chi connectivity index (χ4n) is 2.76. The molecule has 0 atom stereocenters. The number of carbonyl (C=O) groups excluding carboxylic acids is 1. The highest BCUT2D eigenvalue weighted by molar-refractivity contribution is 7.11. The monoisotopic (exact) mass is 410 g/mol. The van der Waals surface area contributed by atoms with E-state index in [1.807, 2.05) is 31.2 Å². The number of amides is 1. The number of guanidine groups is 1. The van der Waals surface area contributed by atoms with Crippen molar-refractivity contribution in [3.05, 3.63) is 81.4 Å². The van der Waals surface area contributed by atoms with Crippen LogP contribution in [0.1, 0.15) is 38.4 Å². The van der Waals surface area contributed by atoms with Gasteiger partial charge in [0.05, 0.1) is 25.9 Å². The van der Waals surface area contributed by atoms with E-state index in [1.165, 1.54) is 9.75 Å². The van der Waals surface area contributed by atoms with E-state index in [0.29, 0.717) is 18.7 Å². The maximum Gasteiger partial charge on any atom is 0.251 e. The Labute approximate surface area is 175 Å². The molecule has 29 heavy (non-hydrogen) atoms. The molecule has 0 saturated heterocycles. The summed E-state index contributed by atoms with van der Waals surface area (Å²) >= 11 is 1.77. The van der Waals surface area contributed by atoms with Crippen molar-refractivity contribution in [1.82, 2.24) is 16.0 Å². The molecule has 0 bridgehead atoms. The fraction of sp³-hybridized carbons (Fsp3) is 0.273. The Morgan fingerprint density at radius 2 is 1.97 bits per heavy atom. The molecule has 7 heteroatoms. The van der Waals surface area contributed by atoms with Gasteiger partial charge in [-0.1, -0.05) is 12.1 Å². The normalized spacial score (nSPS) is 11.3. The Balaban J connectivity index is 1.58. The molecule has 0 spiro atoms. The molecule has 0 fully saturated rings. The molecular formula is C22H26N4O2S. The van der Waals surface area contributed by atoms with E-state index < -0.39 is 0 Å². The van der Waals surface area contributed by atoms with Crippen LogP contribution in [0.25, 0.3) is 0 Å². The smallest absolute Gasteiger partial charge is 0.251 e. The molecule has 1 amide bonds. The number of rotatable bonds is 8. The minimum atomic E-state index is -0.134. The second kappa shape index (κ2) is 10.5. The SMILES string of the molecule is CCNC(=NCc1cccc(C(=O)NCc2ccco2)c1)NCc1ccc(C)s1. The Morgan fingerprint density at radius 3 is 2.69 bits per heavy atom. The van der Waals surface area contributed by atoms with Gasteiger partial charge < -0.3 is 20.4 Å². The van der Waals surface area contributed by atoms with Gasteiger partial charge in [-0.3, -0.25) is 4.79 Å². The number of nitrogens with one attached hydrogen (secondary N) is 3. The maximum atomic E-state index is 12.4. The van der Waals surface area contributed by atoms with E-state index in [2.05, 4.69) is 40.0 Å². The van der Waals surface area contributed by atoms with E-state index in [-0.39, 0.29) is 5.91 Å². The van der Waals surface area contributed by atoms with Gasteiger partial charge in [-0.2, -0.15) is 0 Å². The predicted octanol–water partition coefficient (Wildman–Crippen LogP) is 3.83. The average molecular weight is 411 g/mol. The van der Waals surface area contributed by atoms with Crippen molar-refractivity contribution in [2.45, 2.75) is 33.5 Å². The summed E-state index contributed by atoms with van der Waals surface area (Å²) in [7, 11) is 0. The lowest BCUT2D eigenvalue weighted by molar-refractivity contribution is 0.0948. The molecule has 0 radical (unpaired) electrons. The minimum Gasteiger partial charge on any atom is -0.467 e. The third-order valence-electron chi connectivity index (χ3n) is 4.18. The number of aryl methyl sites for hydroxylation is 1. The fourth-order valence-corrected chi connectivity index (χ4v) is 3.59. The summed E-state index contributed by atoms with van der Waals surface area (Å²) < 4.78 is 5.24. The zero-order chi connectivity index (χ0) is 20.5. The molecule has 3 aromatic rings. The molecule has 0 saturated carbocycles. The molecule has 152 valence electrons. The standard InChI is InChI=1S/C22H26N4O2S/c1-3-23-22(26-15-20-10-9-16(2)29-20)25-13-17-6-4-7-18(12-17)21(27)24-14-19-8-5-11-28-19/h4-12H,3,13-15H2,1-2H3,(H,24,27)(H2,23,25,26).